The minimum absolute atomic E-state index is 0.204. The van der Waals surface area contributed by atoms with E-state index in [-0.39, 0.29) is 10.7 Å². The van der Waals surface area contributed by atoms with Crippen molar-refractivity contribution in [3.05, 3.63) is 56.1 Å². The van der Waals surface area contributed by atoms with Crippen LogP contribution in [0.3, 0.4) is 0 Å². The fourth-order valence-corrected chi connectivity index (χ4v) is 1.34. The van der Waals surface area contributed by atoms with Crippen LogP contribution in [0.2, 0.25) is 5.15 Å². The summed E-state index contributed by atoms with van der Waals surface area (Å²) in [4.78, 5) is 41.8. The highest BCUT2D eigenvalue weighted by Gasteiger charge is 2.11. The summed E-state index contributed by atoms with van der Waals surface area (Å²) in [7, 11) is 0. The Morgan fingerprint density at radius 1 is 1.33 bits per heavy atom. The number of amides is 1. The topological polar surface area (TPSA) is 108 Å². The predicted octanol–water partition coefficient (Wildman–Crippen LogP) is 0.364. The number of carbonyl (C=O) groups is 1. The van der Waals surface area contributed by atoms with E-state index in [2.05, 4.69) is 15.3 Å². The summed E-state index contributed by atoms with van der Waals surface area (Å²) in [6.45, 7) is 0. The third-order valence-electron chi connectivity index (χ3n) is 2.05. The highest BCUT2D eigenvalue weighted by atomic mass is 35.5. The van der Waals surface area contributed by atoms with Crippen molar-refractivity contribution in [2.24, 2.45) is 0 Å². The van der Waals surface area contributed by atoms with Gasteiger partial charge in [0.25, 0.3) is 11.5 Å². The Kier molecular flexibility index (Phi) is 3.24. The molecule has 18 heavy (non-hydrogen) atoms. The van der Waals surface area contributed by atoms with Gasteiger partial charge in [-0.25, -0.2) is 9.78 Å². The maximum Gasteiger partial charge on any atom is 0.325 e. The Balaban J connectivity index is 2.24. The number of aromatic nitrogens is 3. The number of H-pyrrole nitrogens is 2. The zero-order chi connectivity index (χ0) is 13.1. The largest absolute Gasteiger partial charge is 0.325 e. The number of halogens is 1. The van der Waals surface area contributed by atoms with Gasteiger partial charge in [-0.15, -0.1) is 0 Å². The van der Waals surface area contributed by atoms with Crippen molar-refractivity contribution < 1.29 is 4.79 Å². The SMILES string of the molecule is O=C(Nc1ccc(Cl)nc1)c1c[nH]c(=O)[nH]c1=O. The molecule has 3 N–H and O–H groups in total. The van der Waals surface area contributed by atoms with Crippen molar-refractivity contribution in [1.82, 2.24) is 15.0 Å². The maximum absolute atomic E-state index is 11.7. The third kappa shape index (κ3) is 2.64. The van der Waals surface area contributed by atoms with E-state index in [1.54, 1.807) is 0 Å². The molecular formula is C10H7ClN4O3. The molecule has 2 heterocycles. The van der Waals surface area contributed by atoms with E-state index in [1.165, 1.54) is 18.3 Å². The highest BCUT2D eigenvalue weighted by Crippen LogP contribution is 2.10. The standard InChI is InChI=1S/C10H7ClN4O3/c11-7-2-1-5(3-12-7)14-8(16)6-4-13-10(18)15-9(6)17/h1-4H,(H,14,16)(H2,13,15,17,18). The molecular weight excluding hydrogens is 260 g/mol. The predicted molar refractivity (Wildman–Crippen MR) is 64.9 cm³/mol. The first-order valence-electron chi connectivity index (χ1n) is 4.81. The van der Waals surface area contributed by atoms with E-state index in [9.17, 15) is 14.4 Å². The molecule has 2 aromatic heterocycles. The zero-order valence-electron chi connectivity index (χ0n) is 8.86. The molecule has 1 amide bonds. The molecule has 2 aromatic rings. The minimum atomic E-state index is -0.766. The molecule has 92 valence electrons. The summed E-state index contributed by atoms with van der Waals surface area (Å²) in [5, 5.41) is 2.73. The molecule has 2 rings (SSSR count). The van der Waals surface area contributed by atoms with Crippen molar-refractivity contribution in [2.45, 2.75) is 0 Å². The van der Waals surface area contributed by atoms with Crippen LogP contribution >= 0.6 is 11.6 Å². The Bertz CT molecular complexity index is 689. The molecule has 0 aliphatic rings. The van der Waals surface area contributed by atoms with E-state index in [1.807, 2.05) is 4.98 Å². The van der Waals surface area contributed by atoms with Crippen LogP contribution in [-0.2, 0) is 0 Å². The van der Waals surface area contributed by atoms with Gasteiger partial charge in [-0.05, 0) is 12.1 Å². The van der Waals surface area contributed by atoms with Crippen LogP contribution in [0.4, 0.5) is 5.69 Å². The van der Waals surface area contributed by atoms with Gasteiger partial charge < -0.3 is 10.3 Å². The second kappa shape index (κ2) is 4.84. The van der Waals surface area contributed by atoms with Gasteiger partial charge in [0.15, 0.2) is 0 Å². The van der Waals surface area contributed by atoms with E-state index in [4.69, 9.17) is 11.6 Å². The fourth-order valence-electron chi connectivity index (χ4n) is 1.23. The molecule has 0 aliphatic heterocycles. The molecule has 0 fully saturated rings. The first-order valence-corrected chi connectivity index (χ1v) is 5.19. The number of pyridine rings is 1. The van der Waals surface area contributed by atoms with E-state index >= 15 is 0 Å². The average Bonchev–Trinajstić information content (AvgIpc) is 2.32. The first-order chi connectivity index (χ1) is 8.56. The lowest BCUT2D eigenvalue weighted by Gasteiger charge is -2.03. The van der Waals surface area contributed by atoms with Crippen molar-refractivity contribution >= 4 is 23.2 Å². The molecule has 8 heteroatoms. The zero-order valence-corrected chi connectivity index (χ0v) is 9.62. The second-order valence-electron chi connectivity index (χ2n) is 3.31. The summed E-state index contributed by atoms with van der Waals surface area (Å²) < 4.78 is 0. The van der Waals surface area contributed by atoms with Crippen molar-refractivity contribution in [3.8, 4) is 0 Å². The van der Waals surface area contributed by atoms with Crippen LogP contribution in [-0.4, -0.2) is 20.9 Å². The van der Waals surface area contributed by atoms with Crippen LogP contribution in [0.25, 0.3) is 0 Å². The summed E-state index contributed by atoms with van der Waals surface area (Å²) in [6.07, 6.45) is 2.39. The van der Waals surface area contributed by atoms with Crippen LogP contribution in [0.5, 0.6) is 0 Å². The first kappa shape index (κ1) is 12.1. The Morgan fingerprint density at radius 2 is 2.11 bits per heavy atom. The van der Waals surface area contributed by atoms with E-state index in [0.717, 1.165) is 6.20 Å². The van der Waals surface area contributed by atoms with Crippen LogP contribution in [0, 0.1) is 0 Å². The van der Waals surface area contributed by atoms with Gasteiger partial charge in [0.2, 0.25) is 0 Å². The maximum atomic E-state index is 11.7. The molecule has 0 bridgehead atoms. The number of hydrogen-bond acceptors (Lipinski definition) is 4. The van der Waals surface area contributed by atoms with Crippen molar-refractivity contribution in [3.63, 3.8) is 0 Å². The van der Waals surface area contributed by atoms with Gasteiger partial charge in [-0.2, -0.15) is 0 Å². The van der Waals surface area contributed by atoms with Crippen LogP contribution in [0.15, 0.2) is 34.1 Å². The smallest absolute Gasteiger partial charge is 0.320 e. The average molecular weight is 267 g/mol. The van der Waals surface area contributed by atoms with Gasteiger partial charge in [0.05, 0.1) is 11.9 Å². The molecule has 0 radical (unpaired) electrons. The normalized spacial score (nSPS) is 10.1. The third-order valence-corrected chi connectivity index (χ3v) is 2.27. The van der Waals surface area contributed by atoms with Gasteiger partial charge in [-0.3, -0.25) is 14.6 Å². The molecule has 0 aromatic carbocycles. The molecule has 0 aliphatic carbocycles. The molecule has 0 saturated heterocycles. The molecule has 7 nitrogen and oxygen atoms in total. The number of aromatic amines is 2. The number of anilines is 1. The fraction of sp³-hybridized carbons (Fsp3) is 0. The Labute approximate surface area is 105 Å². The monoisotopic (exact) mass is 266 g/mol. The minimum Gasteiger partial charge on any atom is -0.320 e. The lowest BCUT2D eigenvalue weighted by Crippen LogP contribution is -2.29. The number of hydrogen-bond donors (Lipinski definition) is 3. The number of carbonyl (C=O) groups excluding carboxylic acids is 1. The van der Waals surface area contributed by atoms with Gasteiger partial charge in [-0.1, -0.05) is 11.6 Å². The van der Waals surface area contributed by atoms with Gasteiger partial charge in [0, 0.05) is 6.20 Å². The molecule has 0 saturated carbocycles. The Hall–Kier alpha value is -2.41. The van der Waals surface area contributed by atoms with Crippen LogP contribution in [0.1, 0.15) is 10.4 Å². The van der Waals surface area contributed by atoms with Gasteiger partial charge >= 0.3 is 5.69 Å². The van der Waals surface area contributed by atoms with E-state index in [0.29, 0.717) is 5.69 Å². The van der Waals surface area contributed by atoms with Crippen molar-refractivity contribution in [1.29, 1.82) is 0 Å². The highest BCUT2D eigenvalue weighted by molar-refractivity contribution is 6.29. The Morgan fingerprint density at radius 3 is 2.72 bits per heavy atom. The summed E-state index contributed by atoms with van der Waals surface area (Å²) >= 11 is 5.59. The number of nitrogens with zero attached hydrogens (tertiary/aromatic N) is 1. The summed E-state index contributed by atoms with van der Waals surface area (Å²) in [6, 6.07) is 3.03. The number of rotatable bonds is 2. The quantitative estimate of drug-likeness (QED) is 0.682. The lowest BCUT2D eigenvalue weighted by atomic mass is 10.3. The molecule has 0 unspecified atom stereocenters. The number of nitrogens with one attached hydrogen (secondary N) is 3. The second-order valence-corrected chi connectivity index (χ2v) is 3.70. The van der Waals surface area contributed by atoms with Gasteiger partial charge in [0.1, 0.15) is 10.7 Å². The van der Waals surface area contributed by atoms with Crippen molar-refractivity contribution in [2.75, 3.05) is 5.32 Å². The molecule has 0 spiro atoms. The van der Waals surface area contributed by atoms with E-state index < -0.39 is 17.2 Å². The summed E-state index contributed by atoms with van der Waals surface area (Å²) in [5.74, 6) is -0.656. The lowest BCUT2D eigenvalue weighted by molar-refractivity contribution is 0.102. The summed E-state index contributed by atoms with van der Waals surface area (Å²) in [5.41, 5.74) is -1.26. The molecule has 0 atom stereocenters. The van der Waals surface area contributed by atoms with Crippen LogP contribution < -0.4 is 16.6 Å².